The fourth-order valence-electron chi connectivity index (χ4n) is 8.44. The van der Waals surface area contributed by atoms with E-state index in [9.17, 15) is 24.3 Å². The van der Waals surface area contributed by atoms with Crippen LogP contribution < -0.4 is 9.47 Å². The van der Waals surface area contributed by atoms with Crippen molar-refractivity contribution in [1.29, 1.82) is 0 Å². The van der Waals surface area contributed by atoms with Crippen molar-refractivity contribution in [3.8, 4) is 23.0 Å². The summed E-state index contributed by atoms with van der Waals surface area (Å²) in [7, 11) is 0. The van der Waals surface area contributed by atoms with Crippen LogP contribution in [0.3, 0.4) is 0 Å². The van der Waals surface area contributed by atoms with Gasteiger partial charge in [0, 0.05) is 32.6 Å². The molecule has 4 atom stereocenters. The Morgan fingerprint density at radius 3 is 1.27 bits per heavy atom. The first-order valence-corrected chi connectivity index (χ1v) is 20.8. The number of carboxylic acids is 1. The standard InChI is InChI=1S/C48H57N3O8/c1-6-28-49(32-35-20-24-39(25-21-35)58-37-16-12-10-13-17-37)47(56)45-41(30-43(53)51(8-3,9-4)34(5)52)42(31-44(54)55)46(45)48(57)50(29-7-2)33-36-22-26-40(27-23-36)59-38-18-14-11-15-19-38/h10-27,41-42,45-46H,6-9,28-33H2,1-5H3/p+1/t41-,42-,45-,46-/m1/s1. The summed E-state index contributed by atoms with van der Waals surface area (Å²) in [6, 6.07) is 33.8. The Morgan fingerprint density at radius 2 is 0.932 bits per heavy atom. The maximum atomic E-state index is 15.0. The molecule has 1 saturated carbocycles. The molecule has 59 heavy (non-hydrogen) atoms. The minimum absolute atomic E-state index is 0.193. The number of para-hydroxylation sites is 2. The molecule has 1 N–H and O–H groups in total. The van der Waals surface area contributed by atoms with Crippen molar-refractivity contribution in [2.75, 3.05) is 26.2 Å². The number of ether oxygens (including phenoxy) is 2. The second kappa shape index (κ2) is 20.7. The summed E-state index contributed by atoms with van der Waals surface area (Å²) in [6.45, 7) is 10.6. The molecule has 1 aliphatic carbocycles. The summed E-state index contributed by atoms with van der Waals surface area (Å²) in [5.74, 6) is -3.24. The molecule has 4 amide bonds. The Balaban J connectivity index is 1.46. The van der Waals surface area contributed by atoms with Crippen molar-refractivity contribution in [3.05, 3.63) is 120 Å². The second-order valence-corrected chi connectivity index (χ2v) is 15.3. The first kappa shape index (κ1) is 44.3. The number of carbonyl (C=O) groups is 5. The second-order valence-electron chi connectivity index (χ2n) is 15.3. The lowest BCUT2D eigenvalue weighted by molar-refractivity contribution is -0.775. The van der Waals surface area contributed by atoms with Gasteiger partial charge in [-0.2, -0.15) is 4.48 Å². The highest BCUT2D eigenvalue weighted by molar-refractivity contribution is 5.92. The van der Waals surface area contributed by atoms with E-state index in [4.69, 9.17) is 9.47 Å². The lowest BCUT2D eigenvalue weighted by atomic mass is 9.53. The number of carbonyl (C=O) groups excluding carboxylic acids is 4. The van der Waals surface area contributed by atoms with E-state index in [-0.39, 0.29) is 56.2 Å². The molecule has 11 heteroatoms. The first-order valence-electron chi connectivity index (χ1n) is 20.8. The van der Waals surface area contributed by atoms with Crippen LogP contribution in [-0.4, -0.2) is 75.2 Å². The zero-order valence-electron chi connectivity index (χ0n) is 34.9. The Labute approximate surface area is 348 Å². The summed E-state index contributed by atoms with van der Waals surface area (Å²) in [5, 5.41) is 10.2. The number of hydrogen-bond donors (Lipinski definition) is 1. The first-order chi connectivity index (χ1) is 28.4. The molecule has 0 radical (unpaired) electrons. The van der Waals surface area contributed by atoms with Crippen LogP contribution in [0.2, 0.25) is 0 Å². The third-order valence-electron chi connectivity index (χ3n) is 11.6. The van der Waals surface area contributed by atoms with Gasteiger partial charge in [-0.1, -0.05) is 74.5 Å². The quantitative estimate of drug-likeness (QED) is 0.0879. The maximum Gasteiger partial charge on any atom is 0.321 e. The molecular weight excluding hydrogens is 747 g/mol. The van der Waals surface area contributed by atoms with E-state index >= 15 is 4.79 Å². The minimum Gasteiger partial charge on any atom is -0.481 e. The van der Waals surface area contributed by atoms with Crippen LogP contribution in [-0.2, 0) is 37.1 Å². The molecule has 312 valence electrons. The van der Waals surface area contributed by atoms with Gasteiger partial charge < -0.3 is 24.4 Å². The fourth-order valence-corrected chi connectivity index (χ4v) is 8.44. The van der Waals surface area contributed by atoms with Crippen LogP contribution in [0.15, 0.2) is 109 Å². The van der Waals surface area contributed by atoms with Gasteiger partial charge in [0.15, 0.2) is 0 Å². The van der Waals surface area contributed by atoms with Crippen molar-refractivity contribution in [2.24, 2.45) is 23.7 Å². The highest BCUT2D eigenvalue weighted by Gasteiger charge is 2.60. The Hall–Kier alpha value is -5.81. The van der Waals surface area contributed by atoms with Gasteiger partial charge in [0.2, 0.25) is 11.8 Å². The number of carboxylic acid groups (broad SMARTS) is 1. The van der Waals surface area contributed by atoms with E-state index in [2.05, 4.69) is 0 Å². The summed E-state index contributed by atoms with van der Waals surface area (Å²) in [5.41, 5.74) is 1.69. The summed E-state index contributed by atoms with van der Waals surface area (Å²) >= 11 is 0. The molecular formula is C48H58N3O8+. The van der Waals surface area contributed by atoms with Crippen molar-refractivity contribution < 1.29 is 43.0 Å². The monoisotopic (exact) mass is 804 g/mol. The zero-order valence-corrected chi connectivity index (χ0v) is 34.9. The lowest BCUT2D eigenvalue weighted by Gasteiger charge is -2.52. The molecule has 1 aliphatic rings. The molecule has 4 aromatic carbocycles. The molecule has 0 unspecified atom stereocenters. The number of amides is 4. The molecule has 0 spiro atoms. The molecule has 0 aliphatic heterocycles. The number of aliphatic carboxylic acids is 1. The fraction of sp³-hybridized carbons (Fsp3) is 0.396. The molecule has 1 fully saturated rings. The van der Waals surface area contributed by atoms with Crippen molar-refractivity contribution in [3.63, 3.8) is 0 Å². The van der Waals surface area contributed by atoms with Crippen LogP contribution in [0, 0.1) is 23.7 Å². The Kier molecular flexibility index (Phi) is 15.6. The van der Waals surface area contributed by atoms with Crippen LogP contribution in [0.1, 0.15) is 71.4 Å². The Bertz CT molecular complexity index is 2020. The van der Waals surface area contributed by atoms with Crippen molar-refractivity contribution in [2.45, 2.75) is 73.4 Å². The molecule has 5 rings (SSSR count). The summed E-state index contributed by atoms with van der Waals surface area (Å²) < 4.78 is 11.5. The van der Waals surface area contributed by atoms with Gasteiger partial charge in [0.05, 0.1) is 38.3 Å². The lowest BCUT2D eigenvalue weighted by Crippen LogP contribution is -2.63. The number of nitrogens with zero attached hydrogens (tertiary/aromatic N) is 3. The largest absolute Gasteiger partial charge is 0.481 e. The number of quaternary nitrogens is 1. The van der Waals surface area contributed by atoms with E-state index in [0.717, 1.165) is 11.1 Å². The summed E-state index contributed by atoms with van der Waals surface area (Å²) in [4.78, 5) is 73.0. The van der Waals surface area contributed by atoms with Gasteiger partial charge in [-0.25, -0.2) is 9.59 Å². The van der Waals surface area contributed by atoms with Crippen LogP contribution in [0.5, 0.6) is 23.0 Å². The average Bonchev–Trinajstić information content (AvgIpc) is 3.23. The average molecular weight is 805 g/mol. The molecule has 0 bridgehead atoms. The normalized spacial score (nSPS) is 17.3. The molecule has 0 saturated heterocycles. The van der Waals surface area contributed by atoms with E-state index in [1.54, 1.807) is 23.6 Å². The number of hydrogen-bond acceptors (Lipinski definition) is 7. The van der Waals surface area contributed by atoms with Gasteiger partial charge in [-0.3, -0.25) is 14.4 Å². The Morgan fingerprint density at radius 1 is 0.559 bits per heavy atom. The van der Waals surface area contributed by atoms with Gasteiger partial charge >= 0.3 is 17.8 Å². The smallest absolute Gasteiger partial charge is 0.321 e. The predicted octanol–water partition coefficient (Wildman–Crippen LogP) is 8.72. The number of imide groups is 1. The van der Waals surface area contributed by atoms with Crippen LogP contribution in [0.4, 0.5) is 0 Å². The van der Waals surface area contributed by atoms with E-state index in [1.807, 2.05) is 123 Å². The van der Waals surface area contributed by atoms with Crippen LogP contribution in [0.25, 0.3) is 0 Å². The zero-order chi connectivity index (χ0) is 42.5. The molecule has 0 aromatic heterocycles. The summed E-state index contributed by atoms with van der Waals surface area (Å²) in [6.07, 6.45) is 0.686. The minimum atomic E-state index is -1.12. The molecule has 0 heterocycles. The third-order valence-corrected chi connectivity index (χ3v) is 11.6. The predicted molar refractivity (Wildman–Crippen MR) is 225 cm³/mol. The molecule has 4 aromatic rings. The van der Waals surface area contributed by atoms with Gasteiger partial charge in [-0.15, -0.1) is 0 Å². The number of benzene rings is 4. The van der Waals surface area contributed by atoms with E-state index in [1.165, 1.54) is 6.92 Å². The van der Waals surface area contributed by atoms with Gasteiger partial charge in [0.25, 0.3) is 0 Å². The van der Waals surface area contributed by atoms with Gasteiger partial charge in [0.1, 0.15) is 23.0 Å². The highest BCUT2D eigenvalue weighted by Crippen LogP contribution is 2.52. The number of rotatable bonds is 20. The topological polar surface area (TPSA) is 131 Å². The molecule has 11 nitrogen and oxygen atoms in total. The van der Waals surface area contributed by atoms with E-state index in [0.29, 0.717) is 48.9 Å². The van der Waals surface area contributed by atoms with Crippen molar-refractivity contribution in [1.82, 2.24) is 9.80 Å². The third kappa shape index (κ3) is 10.8. The SMILES string of the molecule is CCCN(Cc1ccc(Oc2ccccc2)cc1)C(=O)[C@@H]1[C@H](CC(=O)O)[C@@H](CC(=O)[N+](CC)(CC)C(C)=O)[C@H]1C(=O)N(CCC)Cc1ccc(Oc2ccccc2)cc1. The van der Waals surface area contributed by atoms with Gasteiger partial charge in [-0.05, 0) is 98.2 Å². The van der Waals surface area contributed by atoms with Crippen molar-refractivity contribution >= 4 is 29.6 Å². The maximum absolute atomic E-state index is 15.0. The van der Waals surface area contributed by atoms with Crippen LogP contribution >= 0.6 is 0 Å². The highest BCUT2D eigenvalue weighted by atomic mass is 16.5. The van der Waals surface area contributed by atoms with E-state index < -0.39 is 40.5 Å².